The van der Waals surface area contributed by atoms with Gasteiger partial charge in [-0.05, 0) is 245 Å². The predicted molar refractivity (Wildman–Crippen MR) is 538 cm³/mol. The first-order valence-corrected chi connectivity index (χ1v) is 46.4. The Morgan fingerprint density at radius 1 is 0.237 bits per heavy atom. The minimum atomic E-state index is -0.173. The lowest BCUT2D eigenvalue weighted by Crippen LogP contribution is -2.19. The molecular formula is C115H100N12O12. The third-order valence-corrected chi connectivity index (χ3v) is 25.0. The third-order valence-electron chi connectivity index (χ3n) is 25.0. The van der Waals surface area contributed by atoms with Gasteiger partial charge in [-0.25, -0.2) is 39.9 Å². The number of hydrogen-bond acceptors (Lipinski definition) is 20. The number of anilines is 4. The molecule has 4 heterocycles. The van der Waals surface area contributed by atoms with Gasteiger partial charge < -0.3 is 62.1 Å². The summed E-state index contributed by atoms with van der Waals surface area (Å²) >= 11 is 0. The van der Waals surface area contributed by atoms with Crippen LogP contribution in [0.5, 0.6) is 23.0 Å². The van der Waals surface area contributed by atoms with Crippen molar-refractivity contribution in [2.75, 3.05) is 21.3 Å². The van der Waals surface area contributed by atoms with E-state index in [-0.39, 0.29) is 85.9 Å². The number of aromatic hydroxyl groups is 4. The van der Waals surface area contributed by atoms with Gasteiger partial charge in [0, 0.05) is 57.3 Å². The summed E-state index contributed by atoms with van der Waals surface area (Å²) in [6.07, 6.45) is 9.35. The standard InChI is InChI=1S/C31H25N3O3.C29H27N3O3.C28H25N3O3.C27H23N3O3/c35-18-20-6-13-26-24(16-20)10-14-27-30(26)34-29(22-8-11-25(36)12-9-22)31(32-27)33-28(37)17-19-5-7-21-3-1-2-4-23(21)15-19;33-18-20-9-15-24-22(17-20)12-16-25-28(24)32-27(21-10-13-23(34)14-11-21)29(30-25)31-26(35)8-4-7-19-5-2-1-3-6-19;32-17-19-6-13-23-21(16-19)10-14-24-27(23)31-26(20-8-11-22(33)12-9-20)28(29-24)30-25(34)15-7-18-4-2-1-3-5-18;31-16-18-6-12-22-20(14-18)9-13-23-26(22)30-25(19-7-10-21(32)11-8-19)27(28-23)29-24(33)15-17-4-2-1-3-5-17/h1-9,11-13,15-16,35-36H,10,14,17-18H2,(H,32,33,37);1-3,5-6,9-11,13-15,17,33-34H,4,7-8,12,16,18H2,(H,30,31,35);1-6,8-9,11-13,16,32-33H,7,10,14-15,17H2,(H,29,30,34);1-8,10-12,14,31-32H,9,13,15-16H2,(H,28,29,33). The molecule has 0 fully saturated rings. The fourth-order valence-corrected chi connectivity index (χ4v) is 17.9. The number of fused-ring (bicyclic) bond motifs is 13. The number of aliphatic hydroxyl groups excluding tert-OH is 4. The van der Waals surface area contributed by atoms with Crippen molar-refractivity contribution in [3.05, 3.63) is 393 Å². The molecule has 0 saturated carbocycles. The van der Waals surface area contributed by atoms with Crippen LogP contribution < -0.4 is 21.3 Å². The summed E-state index contributed by atoms with van der Waals surface area (Å²) in [6.45, 7) is -0.0119. The molecule has 0 atom stereocenters. The molecule has 12 N–H and O–H groups in total. The van der Waals surface area contributed by atoms with E-state index in [1.165, 1.54) is 5.56 Å². The maximum absolute atomic E-state index is 13.2. The number of carbonyl (C=O) groups excluding carboxylic acids is 4. The first kappa shape index (κ1) is 92.8. The Labute approximate surface area is 802 Å². The maximum Gasteiger partial charge on any atom is 0.230 e. The summed E-state index contributed by atoms with van der Waals surface area (Å²) in [5, 5.41) is 91.2. The van der Waals surface area contributed by atoms with Gasteiger partial charge in [-0.3, -0.25) is 19.2 Å². The molecule has 0 saturated heterocycles. The SMILES string of the molecule is O=C(CCCc1ccccc1)Nc1nc2c(nc1-c1ccc(O)cc1)-c1ccc(CO)cc1CC2.O=C(CCc1ccccc1)Nc1nc2c(nc1-c1ccc(O)cc1)-c1ccc(CO)cc1CC2.O=C(Cc1ccc2ccccc2c1)Nc1nc2c(nc1-c1ccc(O)cc1)-c1ccc(CO)cc1CC2.O=C(Cc1ccccc1)Nc1nc2c(nc1-c1ccc(O)cc1)-c1ccc(CO)cc1CC2. The molecule has 692 valence electrons. The summed E-state index contributed by atoms with van der Waals surface area (Å²) in [6, 6.07) is 94.2. The predicted octanol–water partition coefficient (Wildman–Crippen LogP) is 19.5. The number of phenols is 4. The molecule has 4 aliphatic rings. The van der Waals surface area contributed by atoms with Crippen molar-refractivity contribution in [3.63, 3.8) is 0 Å². The van der Waals surface area contributed by atoms with E-state index in [1.54, 1.807) is 97.1 Å². The Kier molecular flexibility index (Phi) is 28.7. The van der Waals surface area contributed by atoms with Crippen molar-refractivity contribution >= 4 is 57.7 Å². The van der Waals surface area contributed by atoms with Crippen LogP contribution in [-0.4, -0.2) is 104 Å². The Morgan fingerprint density at radius 3 is 0.849 bits per heavy atom. The summed E-state index contributed by atoms with van der Waals surface area (Å²) in [7, 11) is 0. The molecule has 0 spiro atoms. The van der Waals surface area contributed by atoms with Gasteiger partial charge in [0.15, 0.2) is 23.3 Å². The van der Waals surface area contributed by atoms with Crippen molar-refractivity contribution < 1.29 is 60.0 Å². The zero-order valence-electron chi connectivity index (χ0n) is 76.1. The minimum Gasteiger partial charge on any atom is -0.508 e. The summed E-state index contributed by atoms with van der Waals surface area (Å²) in [5.41, 5.74) is 27.8. The molecular weight excluding hydrogens is 1740 g/mol. The zero-order chi connectivity index (χ0) is 95.8. The van der Waals surface area contributed by atoms with Gasteiger partial charge in [-0.1, -0.05) is 206 Å². The van der Waals surface area contributed by atoms with Crippen LogP contribution in [0.3, 0.4) is 0 Å². The number of carbonyl (C=O) groups is 4. The van der Waals surface area contributed by atoms with Crippen LogP contribution in [0.15, 0.2) is 303 Å². The number of phenolic OH excluding ortho intramolecular Hbond substituents is 4. The van der Waals surface area contributed by atoms with Gasteiger partial charge in [0.1, 0.15) is 45.8 Å². The molecule has 0 aliphatic heterocycles. The van der Waals surface area contributed by atoms with Gasteiger partial charge in [-0.15, -0.1) is 0 Å². The van der Waals surface area contributed by atoms with Crippen LogP contribution in [0.1, 0.15) is 109 Å². The lowest BCUT2D eigenvalue weighted by molar-refractivity contribution is -0.117. The van der Waals surface area contributed by atoms with E-state index in [1.807, 2.05) is 188 Å². The number of nitrogens with zero attached hydrogens (tertiary/aromatic N) is 8. The van der Waals surface area contributed by atoms with Gasteiger partial charge in [0.05, 0.1) is 84.8 Å². The molecule has 0 unspecified atom stereocenters. The molecule has 13 aromatic carbocycles. The van der Waals surface area contributed by atoms with E-state index in [0.717, 1.165) is 201 Å². The second-order valence-corrected chi connectivity index (χ2v) is 34.7. The van der Waals surface area contributed by atoms with Gasteiger partial charge >= 0.3 is 0 Å². The van der Waals surface area contributed by atoms with Crippen molar-refractivity contribution in [1.29, 1.82) is 0 Å². The highest BCUT2D eigenvalue weighted by molar-refractivity contribution is 5.99. The fraction of sp³-hybridized carbons (Fsp3) is 0.165. The van der Waals surface area contributed by atoms with Crippen LogP contribution in [0.2, 0.25) is 0 Å². The molecule has 4 aromatic heterocycles. The van der Waals surface area contributed by atoms with Crippen molar-refractivity contribution in [3.8, 4) is 113 Å². The van der Waals surface area contributed by atoms with Gasteiger partial charge in [0.25, 0.3) is 0 Å². The van der Waals surface area contributed by atoms with E-state index in [4.69, 9.17) is 39.9 Å². The molecule has 0 bridgehead atoms. The second kappa shape index (κ2) is 42.9. The van der Waals surface area contributed by atoms with Crippen molar-refractivity contribution in [1.82, 2.24) is 39.9 Å². The maximum atomic E-state index is 13.2. The molecule has 21 rings (SSSR count). The second-order valence-electron chi connectivity index (χ2n) is 34.7. The minimum absolute atomic E-state index is 0.000183. The lowest BCUT2D eigenvalue weighted by Gasteiger charge is -2.21. The molecule has 24 heteroatoms. The number of hydrogen-bond donors (Lipinski definition) is 12. The highest BCUT2D eigenvalue weighted by atomic mass is 16.3. The average Bonchev–Trinajstić information content (AvgIpc) is 0.774. The van der Waals surface area contributed by atoms with Crippen molar-refractivity contribution in [2.24, 2.45) is 0 Å². The number of benzene rings is 13. The quantitative estimate of drug-likeness (QED) is 0.0283. The third kappa shape index (κ3) is 22.3. The number of aryl methyl sites for hydroxylation is 10. The highest BCUT2D eigenvalue weighted by Gasteiger charge is 2.30. The molecule has 0 radical (unpaired) electrons. The van der Waals surface area contributed by atoms with E-state index < -0.39 is 0 Å². The highest BCUT2D eigenvalue weighted by Crippen LogP contribution is 2.43. The normalized spacial score (nSPS) is 12.1. The van der Waals surface area contributed by atoms with Crippen LogP contribution in [0.25, 0.3) is 101 Å². The smallest absolute Gasteiger partial charge is 0.230 e. The zero-order valence-corrected chi connectivity index (χ0v) is 76.1. The van der Waals surface area contributed by atoms with E-state index >= 15 is 0 Å². The first-order chi connectivity index (χ1) is 67.9. The fourth-order valence-electron chi connectivity index (χ4n) is 17.9. The molecule has 17 aromatic rings. The van der Waals surface area contributed by atoms with Crippen LogP contribution in [0, 0.1) is 0 Å². The monoisotopic (exact) mass is 1840 g/mol. The van der Waals surface area contributed by atoms with E-state index in [0.29, 0.717) is 91.0 Å². The number of nitrogens with one attached hydrogen (secondary N) is 4. The van der Waals surface area contributed by atoms with Gasteiger partial charge in [-0.2, -0.15) is 0 Å². The number of amides is 4. The number of aliphatic hydroxyl groups is 4. The first-order valence-electron chi connectivity index (χ1n) is 46.4. The van der Waals surface area contributed by atoms with E-state index in [9.17, 15) is 60.0 Å². The van der Waals surface area contributed by atoms with Gasteiger partial charge in [0.2, 0.25) is 23.6 Å². The Morgan fingerprint density at radius 2 is 0.518 bits per heavy atom. The largest absolute Gasteiger partial charge is 0.508 e. The molecule has 139 heavy (non-hydrogen) atoms. The molecule has 24 nitrogen and oxygen atoms in total. The van der Waals surface area contributed by atoms with Crippen molar-refractivity contribution in [2.45, 2.75) is 123 Å². The topological polar surface area (TPSA) is 381 Å². The van der Waals surface area contributed by atoms with Crippen LogP contribution in [-0.2, 0) is 123 Å². The molecule has 4 amide bonds. The number of rotatable bonds is 23. The van der Waals surface area contributed by atoms with E-state index in [2.05, 4.69) is 39.5 Å². The summed E-state index contributed by atoms with van der Waals surface area (Å²) in [5.74, 6) is 1.75. The molecule has 4 aliphatic carbocycles. The summed E-state index contributed by atoms with van der Waals surface area (Å²) < 4.78 is 0. The van der Waals surface area contributed by atoms with Crippen LogP contribution in [0.4, 0.5) is 23.3 Å². The average molecular weight is 1840 g/mol. The Bertz CT molecular complexity index is 7400. The Hall–Kier alpha value is -16.6. The summed E-state index contributed by atoms with van der Waals surface area (Å²) in [4.78, 5) is 90.9. The van der Waals surface area contributed by atoms with Crippen LogP contribution >= 0.6 is 0 Å². The number of aromatic nitrogens is 8. The Balaban J connectivity index is 0.000000123. The lowest BCUT2D eigenvalue weighted by atomic mass is 9.90.